The number of nitrogen functional groups attached to an aromatic ring is 1. The lowest BCUT2D eigenvalue weighted by Crippen LogP contribution is -1.97. The lowest BCUT2D eigenvalue weighted by atomic mass is 10.1. The number of pyridine rings is 1. The van der Waals surface area contributed by atoms with Gasteiger partial charge in [0.2, 0.25) is 0 Å². The second kappa shape index (κ2) is 6.12. The van der Waals surface area contributed by atoms with Crippen molar-refractivity contribution >= 4 is 11.5 Å². The van der Waals surface area contributed by atoms with Gasteiger partial charge in [-0.3, -0.25) is 4.98 Å². The predicted molar refractivity (Wildman–Crippen MR) is 94.5 cm³/mol. The first-order valence-corrected chi connectivity index (χ1v) is 7.89. The Morgan fingerprint density at radius 3 is 2.46 bits per heavy atom. The van der Waals surface area contributed by atoms with Gasteiger partial charge in [-0.1, -0.05) is 36.4 Å². The minimum atomic E-state index is 0.446. The summed E-state index contributed by atoms with van der Waals surface area (Å²) in [6.07, 6.45) is 7.51. The van der Waals surface area contributed by atoms with Gasteiger partial charge in [0.25, 0.3) is 0 Å². The number of nitrogens with zero attached hydrogens (tertiary/aromatic N) is 4. The number of benzene rings is 1. The van der Waals surface area contributed by atoms with Crippen LogP contribution in [0, 0.1) is 0 Å². The second-order valence-corrected chi connectivity index (χ2v) is 5.69. The number of hydrogen-bond acceptors (Lipinski definition) is 4. The number of anilines is 1. The van der Waals surface area contributed by atoms with E-state index >= 15 is 0 Å². The lowest BCUT2D eigenvalue weighted by Gasteiger charge is -2.03. The number of fused-ring (bicyclic) bond motifs is 1. The van der Waals surface area contributed by atoms with Gasteiger partial charge in [0.05, 0.1) is 11.3 Å². The number of aryl methyl sites for hydroxylation is 2. The molecule has 0 aliphatic heterocycles. The highest BCUT2D eigenvalue weighted by Crippen LogP contribution is 2.27. The molecule has 0 amide bonds. The van der Waals surface area contributed by atoms with E-state index in [0.29, 0.717) is 5.82 Å². The maximum atomic E-state index is 6.09. The molecule has 4 rings (SSSR count). The van der Waals surface area contributed by atoms with E-state index in [1.165, 1.54) is 5.56 Å². The van der Waals surface area contributed by atoms with Crippen LogP contribution in [-0.4, -0.2) is 19.6 Å². The largest absolute Gasteiger partial charge is 0.382 e. The maximum absolute atomic E-state index is 6.09. The van der Waals surface area contributed by atoms with Gasteiger partial charge in [-0.2, -0.15) is 0 Å². The van der Waals surface area contributed by atoms with E-state index in [2.05, 4.69) is 39.3 Å². The fraction of sp³-hybridized carbons (Fsp3) is 0.105. The number of aromatic nitrogens is 4. The van der Waals surface area contributed by atoms with Crippen LogP contribution in [0.25, 0.3) is 16.9 Å². The molecule has 0 aliphatic carbocycles. The minimum Gasteiger partial charge on any atom is -0.382 e. The van der Waals surface area contributed by atoms with Crippen molar-refractivity contribution in [1.29, 1.82) is 0 Å². The third-order valence-corrected chi connectivity index (χ3v) is 4.02. The SMILES string of the molecule is Nc1nn2cc(CCc3ccccc3)cnc2c1-c1ccccn1. The van der Waals surface area contributed by atoms with Gasteiger partial charge in [-0.25, -0.2) is 9.50 Å². The topological polar surface area (TPSA) is 69.1 Å². The summed E-state index contributed by atoms with van der Waals surface area (Å²) in [6.45, 7) is 0. The summed E-state index contributed by atoms with van der Waals surface area (Å²) in [4.78, 5) is 8.93. The zero-order chi connectivity index (χ0) is 16.4. The first-order valence-electron chi connectivity index (χ1n) is 7.89. The zero-order valence-electron chi connectivity index (χ0n) is 13.1. The summed E-state index contributed by atoms with van der Waals surface area (Å²) < 4.78 is 1.75. The molecular weight excluding hydrogens is 298 g/mol. The zero-order valence-corrected chi connectivity index (χ0v) is 13.1. The van der Waals surface area contributed by atoms with E-state index in [1.807, 2.05) is 36.7 Å². The van der Waals surface area contributed by atoms with Crippen LogP contribution in [-0.2, 0) is 12.8 Å². The van der Waals surface area contributed by atoms with Crippen molar-refractivity contribution in [3.05, 3.63) is 78.2 Å². The van der Waals surface area contributed by atoms with Crippen LogP contribution < -0.4 is 5.73 Å². The molecule has 0 aliphatic rings. The average Bonchev–Trinajstić information content (AvgIpc) is 2.96. The molecular formula is C19H17N5. The molecule has 24 heavy (non-hydrogen) atoms. The number of nitrogens with two attached hydrogens (primary N) is 1. The van der Waals surface area contributed by atoms with E-state index in [-0.39, 0.29) is 0 Å². The third kappa shape index (κ3) is 2.72. The molecule has 1 aromatic carbocycles. The first kappa shape index (κ1) is 14.4. The van der Waals surface area contributed by atoms with E-state index < -0.39 is 0 Å². The molecule has 0 saturated heterocycles. The summed E-state index contributed by atoms with van der Waals surface area (Å²) in [5.74, 6) is 0.446. The summed E-state index contributed by atoms with van der Waals surface area (Å²) in [6, 6.07) is 16.1. The Bertz CT molecular complexity index is 961. The summed E-state index contributed by atoms with van der Waals surface area (Å²) in [5.41, 5.74) is 10.8. The average molecular weight is 315 g/mol. The smallest absolute Gasteiger partial charge is 0.166 e. The predicted octanol–water partition coefficient (Wildman–Crippen LogP) is 3.16. The molecule has 0 atom stereocenters. The summed E-state index contributed by atoms with van der Waals surface area (Å²) in [5, 5.41) is 4.40. The van der Waals surface area contributed by atoms with Crippen LogP contribution in [0.15, 0.2) is 67.1 Å². The molecule has 5 heteroatoms. The van der Waals surface area contributed by atoms with Gasteiger partial charge in [0.1, 0.15) is 0 Å². The van der Waals surface area contributed by atoms with Gasteiger partial charge >= 0.3 is 0 Å². The third-order valence-electron chi connectivity index (χ3n) is 4.02. The van der Waals surface area contributed by atoms with Crippen LogP contribution in [0.1, 0.15) is 11.1 Å². The molecule has 5 nitrogen and oxygen atoms in total. The van der Waals surface area contributed by atoms with Crippen LogP contribution in [0.2, 0.25) is 0 Å². The van der Waals surface area contributed by atoms with Crippen LogP contribution in [0.5, 0.6) is 0 Å². The Morgan fingerprint density at radius 2 is 1.67 bits per heavy atom. The van der Waals surface area contributed by atoms with Crippen molar-refractivity contribution in [3.8, 4) is 11.3 Å². The minimum absolute atomic E-state index is 0.446. The molecule has 0 spiro atoms. The van der Waals surface area contributed by atoms with Crippen LogP contribution in [0.4, 0.5) is 5.82 Å². The van der Waals surface area contributed by atoms with Crippen LogP contribution >= 0.6 is 0 Å². The highest BCUT2D eigenvalue weighted by molar-refractivity contribution is 5.84. The highest BCUT2D eigenvalue weighted by Gasteiger charge is 2.14. The fourth-order valence-corrected chi connectivity index (χ4v) is 2.81. The van der Waals surface area contributed by atoms with Gasteiger partial charge in [-0.15, -0.1) is 5.10 Å². The quantitative estimate of drug-likeness (QED) is 0.628. The molecule has 2 N–H and O–H groups in total. The van der Waals surface area contributed by atoms with Gasteiger partial charge in [-0.05, 0) is 36.1 Å². The first-order chi connectivity index (χ1) is 11.8. The molecule has 118 valence electrons. The van der Waals surface area contributed by atoms with Crippen molar-refractivity contribution in [3.63, 3.8) is 0 Å². The maximum Gasteiger partial charge on any atom is 0.166 e. The molecule has 0 radical (unpaired) electrons. The van der Waals surface area contributed by atoms with Crippen molar-refractivity contribution in [2.45, 2.75) is 12.8 Å². The van der Waals surface area contributed by atoms with Crippen LogP contribution in [0.3, 0.4) is 0 Å². The molecule has 0 fully saturated rings. The van der Waals surface area contributed by atoms with E-state index in [1.54, 1.807) is 10.7 Å². The summed E-state index contributed by atoms with van der Waals surface area (Å²) in [7, 11) is 0. The van der Waals surface area contributed by atoms with Gasteiger partial charge in [0, 0.05) is 18.6 Å². The van der Waals surface area contributed by atoms with E-state index in [0.717, 1.165) is 35.3 Å². The molecule has 0 unspecified atom stereocenters. The van der Waals surface area contributed by atoms with Gasteiger partial charge in [0.15, 0.2) is 11.5 Å². The Hall–Kier alpha value is -3.21. The Labute approximate surface area is 139 Å². The van der Waals surface area contributed by atoms with Crippen molar-refractivity contribution in [2.75, 3.05) is 5.73 Å². The Morgan fingerprint density at radius 1 is 0.875 bits per heavy atom. The monoisotopic (exact) mass is 315 g/mol. The molecule has 0 bridgehead atoms. The molecule has 4 aromatic rings. The Kier molecular flexibility index (Phi) is 3.67. The number of hydrogen-bond donors (Lipinski definition) is 1. The standard InChI is InChI=1S/C19H17N5/c20-18-17(16-8-4-5-11-21-16)19-22-12-15(13-24(19)23-18)10-9-14-6-2-1-3-7-14/h1-8,11-13H,9-10H2,(H2,20,23). The highest BCUT2D eigenvalue weighted by atomic mass is 15.3. The molecule has 3 heterocycles. The van der Waals surface area contributed by atoms with Crippen molar-refractivity contribution < 1.29 is 0 Å². The van der Waals surface area contributed by atoms with E-state index in [9.17, 15) is 0 Å². The normalized spacial score (nSPS) is 11.0. The van der Waals surface area contributed by atoms with Gasteiger partial charge < -0.3 is 5.73 Å². The van der Waals surface area contributed by atoms with E-state index in [4.69, 9.17) is 5.73 Å². The second-order valence-electron chi connectivity index (χ2n) is 5.69. The molecule has 0 saturated carbocycles. The summed E-state index contributed by atoms with van der Waals surface area (Å²) >= 11 is 0. The van der Waals surface area contributed by atoms with Crippen molar-refractivity contribution in [2.24, 2.45) is 0 Å². The fourth-order valence-electron chi connectivity index (χ4n) is 2.81. The lowest BCUT2D eigenvalue weighted by molar-refractivity contribution is 0.883. The molecule has 3 aromatic heterocycles. The Balaban J connectivity index is 1.65. The number of rotatable bonds is 4. The van der Waals surface area contributed by atoms with Crippen molar-refractivity contribution in [1.82, 2.24) is 19.6 Å².